The molecule has 35 heavy (non-hydrogen) atoms. The summed E-state index contributed by atoms with van der Waals surface area (Å²) in [6.07, 6.45) is 3.55. The van der Waals surface area contributed by atoms with E-state index in [0.717, 1.165) is 15.8 Å². The second-order valence-electron chi connectivity index (χ2n) is 8.09. The van der Waals surface area contributed by atoms with Gasteiger partial charge in [-0.15, -0.1) is 11.8 Å². The zero-order chi connectivity index (χ0) is 24.5. The van der Waals surface area contributed by atoms with Crippen LogP contribution in [0.3, 0.4) is 0 Å². The number of carbonyl (C=O) groups is 3. The van der Waals surface area contributed by atoms with Crippen LogP contribution in [0.15, 0.2) is 75.9 Å². The Hall–Kier alpha value is -4.18. The summed E-state index contributed by atoms with van der Waals surface area (Å²) in [5, 5.41) is 11.4. The summed E-state index contributed by atoms with van der Waals surface area (Å²) in [7, 11) is 1.68. The number of likely N-dealkylation sites (N-methyl/N-ethyl adjacent to an activating group) is 1. The smallest absolute Gasteiger partial charge is 0.277 e. The van der Waals surface area contributed by atoms with Gasteiger partial charge < -0.3 is 14.7 Å². The minimum Gasteiger partial charge on any atom is -0.360 e. The van der Waals surface area contributed by atoms with Crippen LogP contribution in [0.25, 0.3) is 10.9 Å². The number of benzene rings is 2. The number of rotatable bonds is 4. The molecular weight excluding hydrogens is 466 g/mol. The van der Waals surface area contributed by atoms with Crippen molar-refractivity contribution in [2.45, 2.75) is 18.2 Å². The molecule has 0 radical (unpaired) electrons. The molecule has 10 heteroatoms. The van der Waals surface area contributed by atoms with Crippen LogP contribution in [0, 0.1) is 0 Å². The van der Waals surface area contributed by atoms with Gasteiger partial charge in [0.15, 0.2) is 5.69 Å². The van der Waals surface area contributed by atoms with Gasteiger partial charge in [0.05, 0.1) is 17.4 Å². The first-order valence-electron chi connectivity index (χ1n) is 10.8. The molecule has 1 aliphatic heterocycles. The van der Waals surface area contributed by atoms with E-state index in [1.54, 1.807) is 19.3 Å². The van der Waals surface area contributed by atoms with Crippen molar-refractivity contribution in [1.82, 2.24) is 20.3 Å². The summed E-state index contributed by atoms with van der Waals surface area (Å²) in [4.78, 5) is 39.9. The summed E-state index contributed by atoms with van der Waals surface area (Å²) in [6, 6.07) is 15.0. The molecule has 4 aromatic rings. The Morgan fingerprint density at radius 3 is 2.77 bits per heavy atom. The monoisotopic (exact) mass is 487 g/mol. The van der Waals surface area contributed by atoms with Crippen LogP contribution in [0.1, 0.15) is 33.5 Å². The molecule has 3 heterocycles. The van der Waals surface area contributed by atoms with Crippen molar-refractivity contribution >= 4 is 46.1 Å². The fourth-order valence-electron chi connectivity index (χ4n) is 3.84. The largest absolute Gasteiger partial charge is 0.360 e. The lowest BCUT2D eigenvalue weighted by Gasteiger charge is -2.17. The summed E-state index contributed by atoms with van der Waals surface area (Å²) >= 11 is 1.45. The van der Waals surface area contributed by atoms with Gasteiger partial charge in [-0.05, 0) is 17.7 Å². The van der Waals surface area contributed by atoms with Gasteiger partial charge in [-0.2, -0.15) is 5.10 Å². The number of amides is 2. The van der Waals surface area contributed by atoms with Crippen LogP contribution < -0.4 is 10.2 Å². The molecular formula is C25H21N5O4S. The molecule has 0 spiro atoms. The second kappa shape index (κ2) is 9.22. The van der Waals surface area contributed by atoms with Crippen LogP contribution in [0.2, 0.25) is 0 Å². The molecule has 2 aromatic heterocycles. The van der Waals surface area contributed by atoms with E-state index in [0.29, 0.717) is 34.7 Å². The number of hydrogen-bond acceptors (Lipinski definition) is 7. The van der Waals surface area contributed by atoms with E-state index in [4.69, 9.17) is 4.52 Å². The maximum Gasteiger partial charge on any atom is 0.277 e. The molecule has 176 valence electrons. The third kappa shape index (κ3) is 4.47. The van der Waals surface area contributed by atoms with Crippen LogP contribution >= 0.6 is 11.8 Å². The van der Waals surface area contributed by atoms with Gasteiger partial charge in [-0.3, -0.25) is 14.4 Å². The fourth-order valence-corrected chi connectivity index (χ4v) is 4.90. The van der Waals surface area contributed by atoms with Gasteiger partial charge in [0.2, 0.25) is 5.91 Å². The number of carbonyl (C=O) groups excluding carboxylic acids is 3. The Labute approximate surface area is 204 Å². The lowest BCUT2D eigenvalue weighted by atomic mass is 10.1. The SMILES string of the molecule is CC(=O)n1ncc2cc3c(cc21)SC/C(=C/NC(=O)c1cc(Cc2ccccc2)on1)C(=O)N3C. The highest BCUT2D eigenvalue weighted by Crippen LogP contribution is 2.38. The maximum absolute atomic E-state index is 13.1. The van der Waals surface area contributed by atoms with E-state index < -0.39 is 5.91 Å². The number of nitrogens with one attached hydrogen (secondary N) is 1. The van der Waals surface area contributed by atoms with Gasteiger partial charge in [0.25, 0.3) is 11.8 Å². The summed E-state index contributed by atoms with van der Waals surface area (Å²) < 4.78 is 6.63. The average Bonchev–Trinajstić information content (AvgIpc) is 3.47. The molecule has 0 saturated heterocycles. The molecule has 1 N–H and O–H groups in total. The molecule has 0 aliphatic carbocycles. The van der Waals surface area contributed by atoms with Crippen molar-refractivity contribution in [3.63, 3.8) is 0 Å². The van der Waals surface area contributed by atoms with Gasteiger partial charge >= 0.3 is 0 Å². The minimum absolute atomic E-state index is 0.137. The standard InChI is InChI=1S/C25H21N5O4S/c1-15(31)30-21-11-23-22(9-17(21)13-27-30)29(2)25(33)18(14-35-23)12-26-24(32)20-10-19(34-28-20)8-16-6-4-3-5-7-16/h3-7,9-13H,8,14H2,1-2H3,(H,26,32)/b18-12-. The summed E-state index contributed by atoms with van der Waals surface area (Å²) in [5.74, 6) is 0.0243. The zero-order valence-corrected chi connectivity index (χ0v) is 19.8. The number of hydrogen-bond donors (Lipinski definition) is 1. The van der Waals surface area contributed by atoms with Crippen LogP contribution in [-0.2, 0) is 11.2 Å². The van der Waals surface area contributed by atoms with Crippen LogP contribution in [-0.4, -0.2) is 45.5 Å². The van der Waals surface area contributed by atoms with Crippen molar-refractivity contribution in [3.05, 3.63) is 83.5 Å². The highest BCUT2D eigenvalue weighted by molar-refractivity contribution is 7.99. The molecule has 2 aromatic carbocycles. The molecule has 0 unspecified atom stereocenters. The van der Waals surface area contributed by atoms with Crippen LogP contribution in [0.4, 0.5) is 5.69 Å². The summed E-state index contributed by atoms with van der Waals surface area (Å²) in [6.45, 7) is 1.45. The van der Waals surface area contributed by atoms with E-state index in [1.807, 2.05) is 42.5 Å². The highest BCUT2D eigenvalue weighted by atomic mass is 32.2. The lowest BCUT2D eigenvalue weighted by molar-refractivity contribution is -0.114. The fraction of sp³-hybridized carbons (Fsp3) is 0.160. The molecule has 2 amide bonds. The van der Waals surface area contributed by atoms with E-state index in [2.05, 4.69) is 15.6 Å². The van der Waals surface area contributed by atoms with E-state index in [1.165, 1.54) is 34.5 Å². The Morgan fingerprint density at radius 1 is 1.20 bits per heavy atom. The molecule has 5 rings (SSSR count). The number of nitrogens with zero attached hydrogens (tertiary/aromatic N) is 4. The van der Waals surface area contributed by atoms with Crippen molar-refractivity contribution in [2.75, 3.05) is 17.7 Å². The second-order valence-corrected chi connectivity index (χ2v) is 9.11. The van der Waals surface area contributed by atoms with Crippen molar-refractivity contribution < 1.29 is 18.9 Å². The summed E-state index contributed by atoms with van der Waals surface area (Å²) in [5.41, 5.74) is 3.01. The van der Waals surface area contributed by atoms with Crippen molar-refractivity contribution in [3.8, 4) is 0 Å². The normalized spacial score (nSPS) is 14.7. The first-order chi connectivity index (χ1) is 16.9. The Balaban J connectivity index is 1.32. The van der Waals surface area contributed by atoms with Crippen molar-refractivity contribution in [2.24, 2.45) is 0 Å². The Bertz CT molecular complexity index is 1490. The highest BCUT2D eigenvalue weighted by Gasteiger charge is 2.25. The molecule has 1 aliphatic rings. The van der Waals surface area contributed by atoms with Gasteiger partial charge in [0.1, 0.15) is 5.76 Å². The third-order valence-corrected chi connectivity index (χ3v) is 6.75. The van der Waals surface area contributed by atoms with Crippen molar-refractivity contribution in [1.29, 1.82) is 0 Å². The van der Waals surface area contributed by atoms with Crippen LogP contribution in [0.5, 0.6) is 0 Å². The minimum atomic E-state index is -0.463. The Kier molecular flexibility index (Phi) is 5.96. The van der Waals surface area contributed by atoms with E-state index in [9.17, 15) is 14.4 Å². The number of fused-ring (bicyclic) bond motifs is 2. The first kappa shape index (κ1) is 22.6. The van der Waals surface area contributed by atoms with E-state index in [-0.39, 0.29) is 17.5 Å². The number of anilines is 1. The predicted molar refractivity (Wildman–Crippen MR) is 131 cm³/mol. The third-order valence-electron chi connectivity index (χ3n) is 5.66. The first-order valence-corrected chi connectivity index (χ1v) is 11.8. The average molecular weight is 488 g/mol. The Morgan fingerprint density at radius 2 is 2.00 bits per heavy atom. The molecule has 0 fully saturated rings. The molecule has 0 atom stereocenters. The number of thioether (sulfide) groups is 1. The molecule has 9 nitrogen and oxygen atoms in total. The molecule has 0 bridgehead atoms. The van der Waals surface area contributed by atoms with Gasteiger partial charge in [-0.1, -0.05) is 35.5 Å². The lowest BCUT2D eigenvalue weighted by Crippen LogP contribution is -2.29. The molecule has 0 saturated carbocycles. The zero-order valence-electron chi connectivity index (χ0n) is 19.0. The quantitative estimate of drug-likeness (QED) is 0.438. The van der Waals surface area contributed by atoms with E-state index >= 15 is 0 Å². The van der Waals surface area contributed by atoms with Gasteiger partial charge in [0, 0.05) is 54.3 Å². The van der Waals surface area contributed by atoms with Gasteiger partial charge in [-0.25, -0.2) is 4.68 Å². The topological polar surface area (TPSA) is 110 Å². The number of aromatic nitrogens is 3. The predicted octanol–water partition coefficient (Wildman–Crippen LogP) is 3.66. The maximum atomic E-state index is 13.1.